The molecule has 3 aromatic rings. The molecule has 0 N–H and O–H groups in total. The molecule has 7 heteroatoms. The molecule has 26 heavy (non-hydrogen) atoms. The Hall–Kier alpha value is -2.25. The Morgan fingerprint density at radius 1 is 1.08 bits per heavy atom. The van der Waals surface area contributed by atoms with Gasteiger partial charge in [-0.2, -0.15) is 17.7 Å². The van der Waals surface area contributed by atoms with Crippen LogP contribution in [0.15, 0.2) is 65.0 Å². The highest BCUT2D eigenvalue weighted by atomic mass is 32.1. The Kier molecular flexibility index (Phi) is 5.38. The van der Waals surface area contributed by atoms with Crippen LogP contribution in [0.4, 0.5) is 18.9 Å². The van der Waals surface area contributed by atoms with Crippen LogP contribution in [0.2, 0.25) is 0 Å². The molecule has 0 aliphatic heterocycles. The van der Waals surface area contributed by atoms with Crippen LogP contribution in [-0.2, 0) is 25.3 Å². The fourth-order valence-corrected chi connectivity index (χ4v) is 3.70. The number of aryl methyl sites for hydroxylation is 1. The average molecular weight is 392 g/mol. The summed E-state index contributed by atoms with van der Waals surface area (Å²) in [5, 5.41) is 3.16. The second-order valence-electron chi connectivity index (χ2n) is 5.72. The molecule has 1 heterocycles. The molecule has 0 saturated carbocycles. The van der Waals surface area contributed by atoms with E-state index in [1.807, 2.05) is 42.6 Å². The summed E-state index contributed by atoms with van der Waals surface area (Å²) in [5.41, 5.74) is 1.89. The number of benzene rings is 2. The third-order valence-electron chi connectivity index (χ3n) is 3.80. The number of alkyl halides is 3. The van der Waals surface area contributed by atoms with Crippen LogP contribution in [0.5, 0.6) is 0 Å². The van der Waals surface area contributed by atoms with Crippen LogP contribution < -0.4 is 4.57 Å². The van der Waals surface area contributed by atoms with Gasteiger partial charge in [0.05, 0.1) is 16.6 Å². The second kappa shape index (κ2) is 7.55. The van der Waals surface area contributed by atoms with Gasteiger partial charge < -0.3 is 12.6 Å². The van der Waals surface area contributed by atoms with E-state index in [4.69, 9.17) is 12.6 Å². The maximum absolute atomic E-state index is 12.7. The quantitative estimate of drug-likeness (QED) is 0.263. The monoisotopic (exact) mass is 392 g/mol. The van der Waals surface area contributed by atoms with E-state index in [-0.39, 0.29) is 0 Å². The number of thiazole rings is 1. The van der Waals surface area contributed by atoms with Gasteiger partial charge in [-0.25, -0.2) is 0 Å². The van der Waals surface area contributed by atoms with Gasteiger partial charge in [0.2, 0.25) is 0 Å². The largest absolute Gasteiger partial charge is 0.753 e. The highest BCUT2D eigenvalue weighted by Gasteiger charge is 2.29. The van der Waals surface area contributed by atoms with Gasteiger partial charge >= 0.3 is 6.18 Å². The van der Waals surface area contributed by atoms with E-state index < -0.39 is 11.7 Å². The molecule has 1 aromatic heterocycles. The van der Waals surface area contributed by atoms with Crippen molar-refractivity contribution in [1.82, 2.24) is 0 Å². The molecule has 0 unspecified atom stereocenters. The second-order valence-corrected chi connectivity index (χ2v) is 6.96. The van der Waals surface area contributed by atoms with Gasteiger partial charge in [-0.05, 0) is 24.3 Å². The molecule has 0 aliphatic carbocycles. The summed E-state index contributed by atoms with van der Waals surface area (Å²) in [4.78, 5) is 4.32. The summed E-state index contributed by atoms with van der Waals surface area (Å²) in [5.74, 6) is 0. The minimum atomic E-state index is -4.36. The highest BCUT2D eigenvalue weighted by molar-refractivity contribution is 7.78. The van der Waals surface area contributed by atoms with Gasteiger partial charge in [-0.1, -0.05) is 41.7 Å². The number of rotatable bonds is 4. The highest BCUT2D eigenvalue weighted by Crippen LogP contribution is 2.30. The summed E-state index contributed by atoms with van der Waals surface area (Å²) >= 11 is 6.90. The normalized spacial score (nSPS) is 12.4. The summed E-state index contributed by atoms with van der Waals surface area (Å²) in [7, 11) is 0. The first-order valence-electron chi connectivity index (χ1n) is 7.80. The molecule has 0 aliphatic rings. The van der Waals surface area contributed by atoms with Crippen LogP contribution >= 0.6 is 11.3 Å². The zero-order valence-electron chi connectivity index (χ0n) is 13.8. The summed E-state index contributed by atoms with van der Waals surface area (Å²) in [6, 6.07) is 14.7. The molecule has 2 aromatic carbocycles. The first kappa shape index (κ1) is 18.5. The minimum absolute atomic E-state index is 0.360. The summed E-state index contributed by atoms with van der Waals surface area (Å²) in [6.45, 7) is 2.65. The van der Waals surface area contributed by atoms with Crippen molar-refractivity contribution in [2.75, 3.05) is 0 Å². The van der Waals surface area contributed by atoms with E-state index in [1.165, 1.54) is 23.5 Å². The predicted octanol–water partition coefficient (Wildman–Crippen LogP) is 5.04. The van der Waals surface area contributed by atoms with Crippen LogP contribution in [0.1, 0.15) is 21.8 Å². The van der Waals surface area contributed by atoms with E-state index in [9.17, 15) is 13.2 Å². The maximum atomic E-state index is 12.7. The molecule has 0 spiro atoms. The van der Waals surface area contributed by atoms with Crippen molar-refractivity contribution in [3.63, 3.8) is 0 Å². The van der Waals surface area contributed by atoms with E-state index in [0.29, 0.717) is 17.3 Å². The number of halogens is 3. The summed E-state index contributed by atoms with van der Waals surface area (Å²) < 4.78 is 40.0. The Balaban J connectivity index is 1.88. The lowest BCUT2D eigenvalue weighted by molar-refractivity contribution is -0.690. The zero-order chi connectivity index (χ0) is 18.7. The van der Waals surface area contributed by atoms with Crippen molar-refractivity contribution in [3.8, 4) is 0 Å². The summed E-state index contributed by atoms with van der Waals surface area (Å²) in [6.07, 6.45) is -4.36. The molecule has 0 fully saturated rings. The van der Waals surface area contributed by atoms with Crippen molar-refractivity contribution in [3.05, 3.63) is 81.8 Å². The van der Waals surface area contributed by atoms with Gasteiger partial charge in [0.15, 0.2) is 12.2 Å². The maximum Gasteiger partial charge on any atom is 0.416 e. The Morgan fingerprint density at radius 3 is 2.35 bits per heavy atom. The van der Waals surface area contributed by atoms with Gasteiger partial charge in [-0.15, -0.1) is 0 Å². The topological polar surface area (TPSA) is 16.2 Å². The predicted molar refractivity (Wildman–Crippen MR) is 99.8 cm³/mol. The first-order chi connectivity index (χ1) is 12.3. The third-order valence-corrected chi connectivity index (χ3v) is 5.31. The molecular weight excluding hydrogens is 377 g/mol. The van der Waals surface area contributed by atoms with Gasteiger partial charge in [-0.3, -0.25) is 4.99 Å². The number of nitrogens with zero attached hydrogens (tertiary/aromatic N) is 2. The fourth-order valence-electron chi connectivity index (χ4n) is 2.45. The van der Waals surface area contributed by atoms with Crippen molar-refractivity contribution in [2.24, 2.45) is 4.99 Å². The lowest BCUT2D eigenvalue weighted by atomic mass is 10.2. The molecular formula is C19H15F3N2S2. The molecule has 0 atom stereocenters. The SMILES string of the molecule is Cc1csc(C([S-])=Nc2ccc(C(F)(F)F)cc2)[n+]1Cc1ccccc1. The van der Waals surface area contributed by atoms with Gasteiger partial charge in [0.1, 0.15) is 0 Å². The van der Waals surface area contributed by atoms with Crippen molar-refractivity contribution in [1.29, 1.82) is 0 Å². The van der Waals surface area contributed by atoms with E-state index in [2.05, 4.69) is 9.56 Å². The van der Waals surface area contributed by atoms with E-state index in [1.54, 1.807) is 0 Å². The first-order valence-corrected chi connectivity index (χ1v) is 9.08. The number of hydrogen-bond acceptors (Lipinski definition) is 3. The lowest BCUT2D eigenvalue weighted by Crippen LogP contribution is -2.40. The minimum Gasteiger partial charge on any atom is -0.753 e. The van der Waals surface area contributed by atoms with E-state index >= 15 is 0 Å². The zero-order valence-corrected chi connectivity index (χ0v) is 15.5. The van der Waals surface area contributed by atoms with Crippen molar-refractivity contribution in [2.45, 2.75) is 19.6 Å². The Morgan fingerprint density at radius 2 is 1.73 bits per heavy atom. The standard InChI is InChI=1S/C19H15F3N2S2/c1-13-12-26-18(24(13)11-14-5-3-2-4-6-14)17(25)23-16-9-7-15(8-10-16)19(20,21)22/h2-10,12H,11H2,1H3. The van der Waals surface area contributed by atoms with Crippen molar-refractivity contribution < 1.29 is 17.7 Å². The van der Waals surface area contributed by atoms with Crippen LogP contribution in [0, 0.1) is 6.92 Å². The Labute approximate surface area is 159 Å². The van der Waals surface area contributed by atoms with Gasteiger partial charge in [0, 0.05) is 17.5 Å². The number of aliphatic imine (C=N–C) groups is 1. The van der Waals surface area contributed by atoms with Crippen molar-refractivity contribution >= 4 is 34.7 Å². The fraction of sp³-hybridized carbons (Fsp3) is 0.158. The molecule has 0 saturated heterocycles. The molecule has 0 bridgehead atoms. The molecule has 3 rings (SSSR count). The Bertz CT molecular complexity index is 914. The third kappa shape index (κ3) is 4.28. The molecule has 2 nitrogen and oxygen atoms in total. The average Bonchev–Trinajstić information content (AvgIpc) is 2.96. The van der Waals surface area contributed by atoms with Crippen LogP contribution in [0.3, 0.4) is 0 Å². The smallest absolute Gasteiger partial charge is 0.416 e. The van der Waals surface area contributed by atoms with Crippen LogP contribution in [0.25, 0.3) is 0 Å². The van der Waals surface area contributed by atoms with Crippen LogP contribution in [-0.4, -0.2) is 5.04 Å². The number of aromatic nitrogens is 1. The molecule has 0 amide bonds. The van der Waals surface area contributed by atoms with Gasteiger partial charge in [0.25, 0.3) is 5.01 Å². The molecule has 134 valence electrons. The van der Waals surface area contributed by atoms with E-state index in [0.717, 1.165) is 28.4 Å². The lowest BCUT2D eigenvalue weighted by Gasteiger charge is -2.09. The number of hydrogen-bond donors (Lipinski definition) is 0. The molecule has 0 radical (unpaired) electrons.